The zero-order chi connectivity index (χ0) is 22.1. The van der Waals surface area contributed by atoms with Crippen LogP contribution in [0.2, 0.25) is 10.0 Å². The van der Waals surface area contributed by atoms with Crippen molar-refractivity contribution in [3.63, 3.8) is 0 Å². The third-order valence-corrected chi connectivity index (χ3v) is 7.10. The summed E-state index contributed by atoms with van der Waals surface area (Å²) < 4.78 is 6.47. The first kappa shape index (κ1) is 21.6. The second-order valence-corrected chi connectivity index (χ2v) is 8.78. The van der Waals surface area contributed by atoms with Crippen molar-refractivity contribution >= 4 is 51.5 Å². The van der Waals surface area contributed by atoms with Gasteiger partial charge in [-0.15, -0.1) is 5.10 Å². The van der Waals surface area contributed by atoms with Crippen LogP contribution in [-0.2, 0) is 4.74 Å². The van der Waals surface area contributed by atoms with Crippen LogP contribution in [0, 0.1) is 6.92 Å². The summed E-state index contributed by atoms with van der Waals surface area (Å²) in [5, 5.41) is 12.3. The Morgan fingerprint density at radius 1 is 1.35 bits per heavy atom. The van der Waals surface area contributed by atoms with Crippen LogP contribution in [0.15, 0.2) is 18.6 Å². The summed E-state index contributed by atoms with van der Waals surface area (Å²) >= 11 is 13.6. The quantitative estimate of drug-likeness (QED) is 0.535. The number of hydrogen-bond acceptors (Lipinski definition) is 8. The van der Waals surface area contributed by atoms with Crippen LogP contribution in [0.3, 0.4) is 0 Å². The second-order valence-electron chi connectivity index (χ2n) is 7.02. The van der Waals surface area contributed by atoms with E-state index in [1.807, 2.05) is 0 Å². The van der Waals surface area contributed by atoms with Crippen LogP contribution in [0.1, 0.15) is 38.3 Å². The molecular weight excluding hydrogens is 465 g/mol. The molecule has 13 heteroatoms. The molecule has 0 saturated carbocycles. The van der Waals surface area contributed by atoms with Gasteiger partial charge in [-0.2, -0.15) is 0 Å². The van der Waals surface area contributed by atoms with Crippen LogP contribution >= 0.6 is 34.5 Å². The highest BCUT2D eigenvalue weighted by molar-refractivity contribution is 7.17. The van der Waals surface area contributed by atoms with Gasteiger partial charge in [0.15, 0.2) is 5.13 Å². The molecule has 3 aromatic rings. The molecular formula is C18H19Cl2N7O3S. The first-order valence-corrected chi connectivity index (χ1v) is 11.0. The Morgan fingerprint density at radius 3 is 2.81 bits per heavy atom. The van der Waals surface area contributed by atoms with Crippen LogP contribution in [0.5, 0.6) is 0 Å². The van der Waals surface area contributed by atoms with Gasteiger partial charge in [-0.25, -0.2) is 14.5 Å². The van der Waals surface area contributed by atoms with Crippen molar-refractivity contribution in [1.29, 1.82) is 0 Å². The van der Waals surface area contributed by atoms with Crippen molar-refractivity contribution in [3.05, 3.63) is 44.9 Å². The maximum absolute atomic E-state index is 12.9. The lowest BCUT2D eigenvalue weighted by Gasteiger charge is -2.38. The number of aryl methyl sites for hydroxylation is 1. The molecule has 1 amide bonds. The summed E-state index contributed by atoms with van der Waals surface area (Å²) in [6.07, 6.45) is 5.46. The number of amides is 1. The van der Waals surface area contributed by atoms with Gasteiger partial charge in [0.1, 0.15) is 10.6 Å². The normalized spacial score (nSPS) is 18.8. The molecule has 2 N–H and O–H groups in total. The standard InChI is InChI=1S/C18H19Cl2N7O3S/c1-9-13(19)14(20)15(23-9)16(28)24-10-3-5-26(8-11(10)27-6-4-22-25-27)18-21-7-12(31-18)17(29)30-2/h4,6-7,10-11,23H,3,5,8H2,1-2H3,(H,24,28)/t10-,11+/m1/s1. The molecule has 3 aromatic heterocycles. The van der Waals surface area contributed by atoms with E-state index in [4.69, 9.17) is 27.9 Å². The van der Waals surface area contributed by atoms with Gasteiger partial charge in [-0.1, -0.05) is 39.8 Å². The smallest absolute Gasteiger partial charge is 0.349 e. The number of piperidine rings is 1. The summed E-state index contributed by atoms with van der Waals surface area (Å²) in [6, 6.07) is -0.445. The van der Waals surface area contributed by atoms with E-state index in [9.17, 15) is 9.59 Å². The van der Waals surface area contributed by atoms with E-state index in [-0.39, 0.29) is 28.7 Å². The number of carbonyl (C=O) groups is 2. The Balaban J connectivity index is 1.54. The first-order valence-electron chi connectivity index (χ1n) is 9.38. The maximum Gasteiger partial charge on any atom is 0.349 e. The lowest BCUT2D eigenvalue weighted by Crippen LogP contribution is -2.52. The van der Waals surface area contributed by atoms with Crippen molar-refractivity contribution in [2.45, 2.75) is 25.4 Å². The molecule has 1 aliphatic heterocycles. The molecule has 1 fully saturated rings. The van der Waals surface area contributed by atoms with Crippen LogP contribution in [0.25, 0.3) is 0 Å². The second kappa shape index (κ2) is 8.85. The molecule has 0 aromatic carbocycles. The minimum atomic E-state index is -0.421. The zero-order valence-corrected chi connectivity index (χ0v) is 19.0. The van der Waals surface area contributed by atoms with Crippen LogP contribution < -0.4 is 10.2 Å². The number of aromatic amines is 1. The number of nitrogens with zero attached hydrogens (tertiary/aromatic N) is 5. The molecule has 0 aliphatic carbocycles. The van der Waals surface area contributed by atoms with Crippen molar-refractivity contribution in [3.8, 4) is 0 Å². The minimum absolute atomic E-state index is 0.199. The van der Waals surface area contributed by atoms with Gasteiger partial charge in [0.05, 0.1) is 41.6 Å². The number of rotatable bonds is 5. The van der Waals surface area contributed by atoms with Crippen molar-refractivity contribution in [2.75, 3.05) is 25.1 Å². The average molecular weight is 484 g/mol. The van der Waals surface area contributed by atoms with Gasteiger partial charge in [0.2, 0.25) is 0 Å². The van der Waals surface area contributed by atoms with Gasteiger partial charge in [0.25, 0.3) is 5.91 Å². The summed E-state index contributed by atoms with van der Waals surface area (Å²) in [5.41, 5.74) is 0.858. The summed E-state index contributed by atoms with van der Waals surface area (Å²) in [7, 11) is 1.34. The van der Waals surface area contributed by atoms with E-state index < -0.39 is 5.97 Å². The highest BCUT2D eigenvalue weighted by atomic mass is 35.5. The SMILES string of the molecule is COC(=O)c1cnc(N2CC[C@@H](NC(=O)c3[nH]c(C)c(Cl)c3Cl)[C@@H](n3ccnn3)C2)s1. The predicted molar refractivity (Wildman–Crippen MR) is 116 cm³/mol. The molecule has 31 heavy (non-hydrogen) atoms. The Bertz CT molecular complexity index is 1100. The van der Waals surface area contributed by atoms with Crippen molar-refractivity contribution in [1.82, 2.24) is 30.3 Å². The Labute approximate surface area is 191 Å². The third kappa shape index (κ3) is 4.25. The van der Waals surface area contributed by atoms with Gasteiger partial charge < -0.3 is 19.9 Å². The minimum Gasteiger partial charge on any atom is -0.465 e. The van der Waals surface area contributed by atoms with Gasteiger partial charge in [-0.05, 0) is 13.3 Å². The van der Waals surface area contributed by atoms with E-state index in [0.717, 1.165) is 0 Å². The number of aromatic nitrogens is 5. The van der Waals surface area contributed by atoms with E-state index >= 15 is 0 Å². The highest BCUT2D eigenvalue weighted by Gasteiger charge is 2.34. The monoisotopic (exact) mass is 483 g/mol. The number of halogens is 2. The number of anilines is 1. The number of ether oxygens (including phenoxy) is 1. The van der Waals surface area contributed by atoms with Crippen LogP contribution in [-0.4, -0.2) is 63.1 Å². The molecule has 164 valence electrons. The van der Waals surface area contributed by atoms with E-state index in [2.05, 4.69) is 30.5 Å². The molecule has 0 bridgehead atoms. The summed E-state index contributed by atoms with van der Waals surface area (Å²) in [4.78, 5) is 34.4. The fourth-order valence-corrected chi connectivity index (χ4v) is 4.80. The molecule has 1 aliphatic rings. The highest BCUT2D eigenvalue weighted by Crippen LogP contribution is 2.32. The van der Waals surface area contributed by atoms with E-state index in [1.165, 1.54) is 24.6 Å². The number of esters is 1. The topological polar surface area (TPSA) is 118 Å². The fraction of sp³-hybridized carbons (Fsp3) is 0.389. The van der Waals surface area contributed by atoms with Gasteiger partial charge >= 0.3 is 5.97 Å². The fourth-order valence-electron chi connectivity index (χ4n) is 3.51. The maximum atomic E-state index is 12.9. The van der Waals surface area contributed by atoms with E-state index in [1.54, 1.807) is 24.0 Å². The largest absolute Gasteiger partial charge is 0.465 e. The molecule has 4 heterocycles. The molecule has 0 unspecified atom stereocenters. The molecule has 4 rings (SSSR count). The molecule has 0 radical (unpaired) electrons. The first-order chi connectivity index (χ1) is 14.9. The lowest BCUT2D eigenvalue weighted by molar-refractivity contribution is 0.0606. The lowest BCUT2D eigenvalue weighted by atomic mass is 9.99. The molecule has 2 atom stereocenters. The number of H-pyrrole nitrogens is 1. The van der Waals surface area contributed by atoms with Crippen LogP contribution in [0.4, 0.5) is 5.13 Å². The molecule has 0 spiro atoms. The Hall–Kier alpha value is -2.63. The predicted octanol–water partition coefficient (Wildman–Crippen LogP) is 2.71. The third-order valence-electron chi connectivity index (χ3n) is 5.11. The number of nitrogens with one attached hydrogen (secondary N) is 2. The Kier molecular flexibility index (Phi) is 6.17. The van der Waals surface area contributed by atoms with Crippen molar-refractivity contribution < 1.29 is 14.3 Å². The van der Waals surface area contributed by atoms with Gasteiger partial charge in [0, 0.05) is 25.0 Å². The average Bonchev–Trinajstić information content (AvgIpc) is 3.52. The summed E-state index contributed by atoms with van der Waals surface area (Å²) in [6.45, 7) is 2.89. The molecule has 10 nitrogen and oxygen atoms in total. The number of thiazole rings is 1. The molecule has 1 saturated heterocycles. The zero-order valence-electron chi connectivity index (χ0n) is 16.6. The summed E-state index contributed by atoms with van der Waals surface area (Å²) in [5.74, 6) is -0.763. The van der Waals surface area contributed by atoms with E-state index in [0.29, 0.717) is 40.2 Å². The van der Waals surface area contributed by atoms with Gasteiger partial charge in [-0.3, -0.25) is 4.79 Å². The number of carbonyl (C=O) groups excluding carboxylic acids is 2. The number of hydrogen-bond donors (Lipinski definition) is 2. The van der Waals surface area contributed by atoms with Crippen molar-refractivity contribution in [2.24, 2.45) is 0 Å². The number of methoxy groups -OCH3 is 1. The Morgan fingerprint density at radius 2 is 2.16 bits per heavy atom.